The Hall–Kier alpha value is -2.29. The molecule has 3 N–H and O–H groups in total. The van der Waals surface area contributed by atoms with Crippen LogP contribution >= 0.6 is 0 Å². The minimum absolute atomic E-state index is 0.131. The van der Waals surface area contributed by atoms with Crippen LogP contribution in [0.1, 0.15) is 27.5 Å². The third-order valence-corrected chi connectivity index (χ3v) is 3.37. The fourth-order valence-electron chi connectivity index (χ4n) is 2.51. The Balaban J connectivity index is 1.98. The number of benzene rings is 2. The molecule has 1 amide bonds. The highest BCUT2D eigenvalue weighted by Crippen LogP contribution is 2.34. The monoisotopic (exact) mass is 238 g/mol. The van der Waals surface area contributed by atoms with E-state index >= 15 is 0 Å². The van der Waals surface area contributed by atoms with Crippen molar-refractivity contribution in [2.75, 3.05) is 5.32 Å². The Labute approximate surface area is 106 Å². The van der Waals surface area contributed by atoms with Gasteiger partial charge in [0, 0.05) is 11.3 Å². The molecule has 0 fully saturated rings. The summed E-state index contributed by atoms with van der Waals surface area (Å²) in [5, 5.41) is 3.44. The van der Waals surface area contributed by atoms with Crippen molar-refractivity contribution in [3.63, 3.8) is 0 Å². The van der Waals surface area contributed by atoms with Gasteiger partial charge < -0.3 is 11.1 Å². The molecule has 0 saturated carbocycles. The quantitative estimate of drug-likeness (QED) is 0.844. The highest BCUT2D eigenvalue weighted by Gasteiger charge is 2.24. The van der Waals surface area contributed by atoms with Gasteiger partial charge in [0.25, 0.3) is 0 Å². The molecule has 2 aromatic rings. The number of rotatable bonds is 2. The summed E-state index contributed by atoms with van der Waals surface area (Å²) in [5.74, 6) is -0.372. The van der Waals surface area contributed by atoms with E-state index in [1.807, 2.05) is 30.3 Å². The summed E-state index contributed by atoms with van der Waals surface area (Å²) in [6, 6.07) is 15.9. The van der Waals surface area contributed by atoms with E-state index in [9.17, 15) is 4.79 Å². The summed E-state index contributed by atoms with van der Waals surface area (Å²) < 4.78 is 0. The molecule has 2 aromatic carbocycles. The zero-order chi connectivity index (χ0) is 12.5. The van der Waals surface area contributed by atoms with Crippen LogP contribution in [0.15, 0.2) is 48.5 Å². The highest BCUT2D eigenvalue weighted by atomic mass is 16.1. The Morgan fingerprint density at radius 1 is 1.11 bits per heavy atom. The first-order valence-corrected chi connectivity index (χ1v) is 5.99. The molecular weight excluding hydrogens is 224 g/mol. The number of nitrogens with two attached hydrogens (primary N) is 1. The topological polar surface area (TPSA) is 55.1 Å². The highest BCUT2D eigenvalue weighted by molar-refractivity contribution is 5.94. The van der Waals surface area contributed by atoms with Crippen molar-refractivity contribution in [3.05, 3.63) is 65.2 Å². The van der Waals surface area contributed by atoms with Crippen LogP contribution in [0.5, 0.6) is 0 Å². The first-order valence-electron chi connectivity index (χ1n) is 5.99. The van der Waals surface area contributed by atoms with Crippen LogP contribution in [0, 0.1) is 0 Å². The van der Waals surface area contributed by atoms with Gasteiger partial charge in [-0.05, 0) is 29.7 Å². The molecule has 0 bridgehead atoms. The van der Waals surface area contributed by atoms with Gasteiger partial charge in [0.15, 0.2) is 0 Å². The van der Waals surface area contributed by atoms with Crippen LogP contribution in [0.2, 0.25) is 0 Å². The summed E-state index contributed by atoms with van der Waals surface area (Å²) in [4.78, 5) is 11.4. The lowest BCUT2D eigenvalue weighted by Crippen LogP contribution is -2.17. The zero-order valence-electron chi connectivity index (χ0n) is 9.89. The molecule has 90 valence electrons. The molecule has 0 aliphatic carbocycles. The summed E-state index contributed by atoms with van der Waals surface area (Å²) in [5.41, 5.74) is 9.41. The van der Waals surface area contributed by atoms with Gasteiger partial charge in [-0.1, -0.05) is 36.4 Å². The van der Waals surface area contributed by atoms with E-state index in [-0.39, 0.29) is 11.9 Å². The average molecular weight is 238 g/mol. The van der Waals surface area contributed by atoms with E-state index < -0.39 is 0 Å². The number of carbonyl (C=O) groups is 1. The lowest BCUT2D eigenvalue weighted by atomic mass is 9.97. The van der Waals surface area contributed by atoms with E-state index in [4.69, 9.17) is 5.73 Å². The van der Waals surface area contributed by atoms with Crippen LogP contribution in [0.25, 0.3) is 0 Å². The SMILES string of the molecule is NC(=O)c1ccccc1C1Cc2ccccc2N1. The maximum Gasteiger partial charge on any atom is 0.249 e. The minimum atomic E-state index is -0.372. The summed E-state index contributed by atoms with van der Waals surface area (Å²) >= 11 is 0. The Morgan fingerprint density at radius 3 is 2.61 bits per heavy atom. The van der Waals surface area contributed by atoms with Crippen LogP contribution < -0.4 is 11.1 Å². The number of primary amides is 1. The van der Waals surface area contributed by atoms with E-state index in [0.29, 0.717) is 5.56 Å². The molecule has 18 heavy (non-hydrogen) atoms. The Kier molecular flexibility index (Phi) is 2.52. The van der Waals surface area contributed by atoms with Crippen molar-refractivity contribution in [3.8, 4) is 0 Å². The van der Waals surface area contributed by atoms with Gasteiger partial charge in [-0.3, -0.25) is 4.79 Å². The van der Waals surface area contributed by atoms with Gasteiger partial charge in [-0.15, -0.1) is 0 Å². The predicted molar refractivity (Wildman–Crippen MR) is 71.5 cm³/mol. The number of hydrogen-bond acceptors (Lipinski definition) is 2. The van der Waals surface area contributed by atoms with Crippen LogP contribution in [-0.2, 0) is 6.42 Å². The summed E-state index contributed by atoms with van der Waals surface area (Å²) in [6.07, 6.45) is 0.889. The molecule has 0 radical (unpaired) electrons. The lowest BCUT2D eigenvalue weighted by molar-refractivity contribution is 0.0999. The van der Waals surface area contributed by atoms with Crippen molar-refractivity contribution in [1.82, 2.24) is 0 Å². The van der Waals surface area contributed by atoms with Crippen molar-refractivity contribution in [1.29, 1.82) is 0 Å². The number of amides is 1. The Bertz CT molecular complexity index is 582. The zero-order valence-corrected chi connectivity index (χ0v) is 9.89. The largest absolute Gasteiger partial charge is 0.378 e. The first-order chi connectivity index (χ1) is 8.75. The van der Waals surface area contributed by atoms with Crippen molar-refractivity contribution in [2.45, 2.75) is 12.5 Å². The predicted octanol–water partition coefficient (Wildman–Crippen LogP) is 2.49. The Morgan fingerprint density at radius 2 is 1.83 bits per heavy atom. The number of hydrogen-bond donors (Lipinski definition) is 2. The third kappa shape index (κ3) is 1.74. The van der Waals surface area contributed by atoms with Crippen LogP contribution in [-0.4, -0.2) is 5.91 Å². The molecule has 1 aliphatic rings. The second-order valence-corrected chi connectivity index (χ2v) is 4.51. The van der Waals surface area contributed by atoms with E-state index in [1.165, 1.54) is 5.56 Å². The van der Waals surface area contributed by atoms with Gasteiger partial charge in [0.05, 0.1) is 6.04 Å². The van der Waals surface area contributed by atoms with Gasteiger partial charge in [-0.25, -0.2) is 0 Å². The standard InChI is InChI=1S/C15H14N2O/c16-15(18)12-7-3-2-6-11(12)14-9-10-5-1-4-8-13(10)17-14/h1-8,14,17H,9H2,(H2,16,18). The van der Waals surface area contributed by atoms with E-state index in [2.05, 4.69) is 17.4 Å². The summed E-state index contributed by atoms with van der Waals surface area (Å²) in [7, 11) is 0. The van der Waals surface area contributed by atoms with E-state index in [1.54, 1.807) is 6.07 Å². The fourth-order valence-corrected chi connectivity index (χ4v) is 2.51. The first kappa shape index (κ1) is 10.8. The summed E-state index contributed by atoms with van der Waals surface area (Å²) in [6.45, 7) is 0. The van der Waals surface area contributed by atoms with Gasteiger partial charge in [0.2, 0.25) is 5.91 Å². The number of anilines is 1. The van der Waals surface area contributed by atoms with Crippen LogP contribution in [0.4, 0.5) is 5.69 Å². The fraction of sp³-hybridized carbons (Fsp3) is 0.133. The molecule has 0 saturated heterocycles. The van der Waals surface area contributed by atoms with Gasteiger partial charge >= 0.3 is 0 Å². The smallest absolute Gasteiger partial charge is 0.249 e. The molecule has 0 aromatic heterocycles. The van der Waals surface area contributed by atoms with E-state index in [0.717, 1.165) is 17.7 Å². The molecular formula is C15H14N2O. The lowest BCUT2D eigenvalue weighted by Gasteiger charge is -2.14. The maximum atomic E-state index is 11.4. The second-order valence-electron chi connectivity index (χ2n) is 4.51. The molecule has 1 heterocycles. The van der Waals surface area contributed by atoms with Crippen molar-refractivity contribution in [2.24, 2.45) is 5.73 Å². The van der Waals surface area contributed by atoms with Gasteiger partial charge in [0.1, 0.15) is 0 Å². The molecule has 1 atom stereocenters. The third-order valence-electron chi connectivity index (χ3n) is 3.37. The molecule has 3 nitrogen and oxygen atoms in total. The van der Waals surface area contributed by atoms with Gasteiger partial charge in [-0.2, -0.15) is 0 Å². The number of carbonyl (C=O) groups excluding carboxylic acids is 1. The average Bonchev–Trinajstić information content (AvgIpc) is 2.82. The molecule has 0 spiro atoms. The van der Waals surface area contributed by atoms with Crippen molar-refractivity contribution < 1.29 is 4.79 Å². The maximum absolute atomic E-state index is 11.4. The van der Waals surface area contributed by atoms with Crippen molar-refractivity contribution >= 4 is 11.6 Å². The molecule has 3 heteroatoms. The van der Waals surface area contributed by atoms with Crippen LogP contribution in [0.3, 0.4) is 0 Å². The number of fused-ring (bicyclic) bond motifs is 1. The number of nitrogens with one attached hydrogen (secondary N) is 1. The minimum Gasteiger partial charge on any atom is -0.378 e. The number of para-hydroxylation sites is 1. The molecule has 3 rings (SSSR count). The normalized spacial score (nSPS) is 17.0. The molecule has 1 unspecified atom stereocenters. The second kappa shape index (κ2) is 4.18. The molecule has 1 aliphatic heterocycles.